The Morgan fingerprint density at radius 1 is 1.19 bits per heavy atom. The lowest BCUT2D eigenvalue weighted by molar-refractivity contribution is -0.126. The Kier molecular flexibility index (Phi) is 5.40. The first kappa shape index (κ1) is 17.5. The van der Waals surface area contributed by atoms with E-state index in [0.717, 1.165) is 11.3 Å². The summed E-state index contributed by atoms with van der Waals surface area (Å²) in [6.07, 6.45) is -0.576. The fourth-order valence-electron chi connectivity index (χ4n) is 1.86. The molecule has 4 nitrogen and oxygen atoms in total. The number of carbonyl (C=O) groups is 1. The molecule has 0 fully saturated rings. The quantitative estimate of drug-likeness (QED) is 0.877. The van der Waals surface area contributed by atoms with Crippen LogP contribution in [-0.2, 0) is 10.2 Å². The normalized spacial score (nSPS) is 13.7. The molecule has 0 saturated heterocycles. The second kappa shape index (κ2) is 6.48. The molecule has 0 heterocycles. The van der Waals surface area contributed by atoms with Gasteiger partial charge in [0.15, 0.2) is 0 Å². The van der Waals surface area contributed by atoms with Gasteiger partial charge < -0.3 is 15.2 Å². The fourth-order valence-corrected chi connectivity index (χ4v) is 1.86. The molecule has 0 aliphatic rings. The van der Waals surface area contributed by atoms with Crippen molar-refractivity contribution >= 4 is 5.91 Å². The van der Waals surface area contributed by atoms with Crippen LogP contribution in [0.5, 0.6) is 5.75 Å². The van der Waals surface area contributed by atoms with Gasteiger partial charge in [0.25, 0.3) is 0 Å². The maximum Gasteiger partial charge on any atom is 0.230 e. The van der Waals surface area contributed by atoms with Gasteiger partial charge in [0.2, 0.25) is 5.91 Å². The number of hydrogen-bond donors (Lipinski definition) is 2. The summed E-state index contributed by atoms with van der Waals surface area (Å²) >= 11 is 0. The number of aliphatic hydroxyl groups is 1. The Morgan fingerprint density at radius 2 is 1.71 bits per heavy atom. The lowest BCUT2D eigenvalue weighted by Crippen LogP contribution is -2.45. The van der Waals surface area contributed by atoms with E-state index in [4.69, 9.17) is 4.74 Å². The molecule has 0 aliphatic carbocycles. The van der Waals surface area contributed by atoms with Gasteiger partial charge >= 0.3 is 0 Å². The Morgan fingerprint density at radius 3 is 2.14 bits per heavy atom. The van der Waals surface area contributed by atoms with Crippen LogP contribution in [-0.4, -0.2) is 30.8 Å². The van der Waals surface area contributed by atoms with Crippen molar-refractivity contribution < 1.29 is 14.6 Å². The summed E-state index contributed by atoms with van der Waals surface area (Å²) in [5.41, 5.74) is -0.00689. The fraction of sp³-hybridized carbons (Fsp3) is 0.588. The molecule has 0 aliphatic heterocycles. The van der Waals surface area contributed by atoms with Crippen LogP contribution in [0.25, 0.3) is 0 Å². The molecule has 1 amide bonds. The first-order valence-electron chi connectivity index (χ1n) is 7.20. The molecule has 21 heavy (non-hydrogen) atoms. The Bertz CT molecular complexity index is 472. The molecule has 118 valence electrons. The van der Waals surface area contributed by atoms with Crippen LogP contribution in [0.4, 0.5) is 0 Å². The van der Waals surface area contributed by atoms with Crippen LogP contribution in [0.15, 0.2) is 24.3 Å². The topological polar surface area (TPSA) is 58.6 Å². The number of benzene rings is 1. The van der Waals surface area contributed by atoms with Crippen molar-refractivity contribution in [2.24, 2.45) is 5.41 Å². The highest BCUT2D eigenvalue weighted by Gasteiger charge is 2.31. The largest absolute Gasteiger partial charge is 0.497 e. The summed E-state index contributed by atoms with van der Waals surface area (Å²) in [6.45, 7) is 9.82. The van der Waals surface area contributed by atoms with E-state index in [1.807, 2.05) is 58.9 Å². The average molecular weight is 293 g/mol. The third-order valence-corrected chi connectivity index (χ3v) is 3.84. The summed E-state index contributed by atoms with van der Waals surface area (Å²) in [5, 5.41) is 12.8. The second-order valence-electron chi connectivity index (χ2n) is 6.95. The molecule has 0 bridgehead atoms. The Hall–Kier alpha value is -1.55. The van der Waals surface area contributed by atoms with E-state index >= 15 is 0 Å². The van der Waals surface area contributed by atoms with Crippen LogP contribution >= 0.6 is 0 Å². The Labute approximate surface area is 127 Å². The molecule has 0 aromatic heterocycles. The molecule has 0 spiro atoms. The van der Waals surface area contributed by atoms with Gasteiger partial charge in [0.1, 0.15) is 5.75 Å². The van der Waals surface area contributed by atoms with Crippen LogP contribution in [0.1, 0.15) is 40.2 Å². The van der Waals surface area contributed by atoms with Crippen LogP contribution in [0, 0.1) is 5.41 Å². The van der Waals surface area contributed by atoms with E-state index in [1.165, 1.54) is 0 Å². The van der Waals surface area contributed by atoms with Crippen LogP contribution in [0.3, 0.4) is 0 Å². The zero-order valence-electron chi connectivity index (χ0n) is 13.9. The van der Waals surface area contributed by atoms with E-state index in [9.17, 15) is 9.90 Å². The number of methoxy groups -OCH3 is 1. The number of aliphatic hydroxyl groups excluding tert-OH is 1. The number of amides is 1. The monoisotopic (exact) mass is 293 g/mol. The predicted molar refractivity (Wildman–Crippen MR) is 84.5 cm³/mol. The van der Waals surface area contributed by atoms with Crippen molar-refractivity contribution in [2.75, 3.05) is 13.7 Å². The van der Waals surface area contributed by atoms with Gasteiger partial charge in [-0.3, -0.25) is 4.79 Å². The van der Waals surface area contributed by atoms with E-state index in [0.29, 0.717) is 0 Å². The SMILES string of the molecule is COc1ccc(C(C)(C)C(=O)NCC(O)C(C)(C)C)cc1. The number of rotatable bonds is 5. The predicted octanol–water partition coefficient (Wildman–Crippen LogP) is 2.50. The van der Waals surface area contributed by atoms with Gasteiger partial charge in [-0.1, -0.05) is 32.9 Å². The standard InChI is InChI=1S/C17H27NO3/c1-16(2,3)14(19)11-18-15(20)17(4,5)12-7-9-13(21-6)10-8-12/h7-10,14,19H,11H2,1-6H3,(H,18,20). The molecule has 4 heteroatoms. The van der Waals surface area contributed by atoms with Crippen molar-refractivity contribution in [2.45, 2.75) is 46.1 Å². The van der Waals surface area contributed by atoms with Crippen molar-refractivity contribution in [1.29, 1.82) is 0 Å². The third-order valence-electron chi connectivity index (χ3n) is 3.84. The van der Waals surface area contributed by atoms with Crippen molar-refractivity contribution in [3.8, 4) is 5.75 Å². The highest BCUT2D eigenvalue weighted by atomic mass is 16.5. The van der Waals surface area contributed by atoms with Gasteiger partial charge in [0.05, 0.1) is 18.6 Å². The van der Waals surface area contributed by atoms with Gasteiger partial charge in [-0.05, 0) is 37.0 Å². The van der Waals surface area contributed by atoms with Gasteiger partial charge in [-0.25, -0.2) is 0 Å². The number of hydrogen-bond acceptors (Lipinski definition) is 3. The van der Waals surface area contributed by atoms with Gasteiger partial charge in [-0.2, -0.15) is 0 Å². The van der Waals surface area contributed by atoms with Crippen LogP contribution in [0.2, 0.25) is 0 Å². The minimum absolute atomic E-state index is 0.101. The average Bonchev–Trinajstić information content (AvgIpc) is 2.43. The van der Waals surface area contributed by atoms with E-state index in [-0.39, 0.29) is 17.9 Å². The molecule has 0 radical (unpaired) electrons. The minimum Gasteiger partial charge on any atom is -0.497 e. The van der Waals surface area contributed by atoms with Crippen molar-refractivity contribution in [3.05, 3.63) is 29.8 Å². The summed E-state index contributed by atoms with van der Waals surface area (Å²) < 4.78 is 5.13. The summed E-state index contributed by atoms with van der Waals surface area (Å²) in [6, 6.07) is 7.46. The molecular weight excluding hydrogens is 266 g/mol. The van der Waals surface area contributed by atoms with E-state index in [2.05, 4.69) is 5.32 Å². The van der Waals surface area contributed by atoms with E-state index in [1.54, 1.807) is 7.11 Å². The first-order valence-corrected chi connectivity index (χ1v) is 7.20. The number of nitrogens with one attached hydrogen (secondary N) is 1. The number of ether oxygens (including phenoxy) is 1. The second-order valence-corrected chi connectivity index (χ2v) is 6.95. The minimum atomic E-state index is -0.663. The molecule has 1 aromatic rings. The zero-order chi connectivity index (χ0) is 16.3. The van der Waals surface area contributed by atoms with Gasteiger partial charge in [0, 0.05) is 6.54 Å². The Balaban J connectivity index is 2.74. The maximum absolute atomic E-state index is 12.4. The molecular formula is C17H27NO3. The summed E-state index contributed by atoms with van der Waals surface area (Å²) in [7, 11) is 1.61. The maximum atomic E-state index is 12.4. The lowest BCUT2D eigenvalue weighted by atomic mass is 9.83. The molecule has 1 rings (SSSR count). The molecule has 0 saturated carbocycles. The third kappa shape index (κ3) is 4.46. The molecule has 1 aromatic carbocycles. The smallest absolute Gasteiger partial charge is 0.230 e. The van der Waals surface area contributed by atoms with E-state index < -0.39 is 11.5 Å². The van der Waals surface area contributed by atoms with Crippen molar-refractivity contribution in [3.63, 3.8) is 0 Å². The molecule has 1 unspecified atom stereocenters. The van der Waals surface area contributed by atoms with Crippen molar-refractivity contribution in [1.82, 2.24) is 5.32 Å². The lowest BCUT2D eigenvalue weighted by Gasteiger charge is -2.29. The molecule has 1 atom stereocenters. The van der Waals surface area contributed by atoms with Gasteiger partial charge in [-0.15, -0.1) is 0 Å². The zero-order valence-corrected chi connectivity index (χ0v) is 13.9. The summed E-state index contributed by atoms with van der Waals surface area (Å²) in [5.74, 6) is 0.661. The number of carbonyl (C=O) groups excluding carboxylic acids is 1. The highest BCUT2D eigenvalue weighted by Crippen LogP contribution is 2.26. The molecule has 2 N–H and O–H groups in total. The van der Waals surface area contributed by atoms with Crippen LogP contribution < -0.4 is 10.1 Å². The highest BCUT2D eigenvalue weighted by molar-refractivity contribution is 5.87. The first-order chi connectivity index (χ1) is 9.59. The summed E-state index contributed by atoms with van der Waals surface area (Å²) in [4.78, 5) is 12.4.